The van der Waals surface area contributed by atoms with Crippen LogP contribution in [0.25, 0.3) is 0 Å². The number of halogens is 2. The average molecular weight is 532 g/mol. The van der Waals surface area contributed by atoms with Gasteiger partial charge in [0.15, 0.2) is 17.4 Å². The molecule has 0 saturated carbocycles. The molecule has 7 nitrogen and oxygen atoms in total. The molecule has 206 valence electrons. The van der Waals surface area contributed by atoms with E-state index in [2.05, 4.69) is 5.73 Å². The molecule has 4 atom stereocenters. The number of benzene rings is 2. The molecule has 1 heterocycles. The highest BCUT2D eigenvalue weighted by Gasteiger charge is 2.47. The van der Waals surface area contributed by atoms with E-state index in [9.17, 15) is 19.7 Å². The van der Waals surface area contributed by atoms with Crippen molar-refractivity contribution >= 4 is 11.6 Å². The molecule has 3 rings (SSSR count). The van der Waals surface area contributed by atoms with Crippen LogP contribution in [-0.4, -0.2) is 61.0 Å². The summed E-state index contributed by atoms with van der Waals surface area (Å²) in [7, 11) is 2.93. The molecule has 0 bridgehead atoms. The number of hydrogen-bond donors (Lipinski definition) is 4. The molecule has 1 aliphatic heterocycles. The lowest BCUT2D eigenvalue weighted by atomic mass is 9.89. The fourth-order valence-corrected chi connectivity index (χ4v) is 3.86. The van der Waals surface area contributed by atoms with Crippen molar-refractivity contribution in [3.63, 3.8) is 0 Å². The van der Waals surface area contributed by atoms with Crippen molar-refractivity contribution in [1.82, 2.24) is 0 Å². The molecular weight excluding hydrogens is 489 g/mol. The van der Waals surface area contributed by atoms with Crippen molar-refractivity contribution in [3.8, 4) is 5.75 Å². The highest BCUT2D eigenvalue weighted by atomic mass is 35.5. The summed E-state index contributed by atoms with van der Waals surface area (Å²) in [6.07, 6.45) is -3.05. The molecule has 0 radical (unpaired) electrons. The van der Waals surface area contributed by atoms with Crippen LogP contribution in [-0.2, 0) is 21.7 Å². The van der Waals surface area contributed by atoms with Gasteiger partial charge in [0.05, 0.1) is 19.3 Å². The standard InChI is InChI=1S/C22H26ClFO6.2C2H6.CH5N/c1-3-29-19-7-4-13(9-17(19)24)8-14-10-15(5-6-16(14)23)22(28-2)11-18(26)21(27)20(12-25)30-22;3*1-2/h4-7,9-10,18,20-21,25-27H,3,8,11-12H2,1-2H3;2*1-2H3;2H2,1H3/t18?,20?,21-,22+;;;/m0.../s1. The van der Waals surface area contributed by atoms with Gasteiger partial charge in [-0.3, -0.25) is 0 Å². The molecule has 1 aliphatic rings. The molecule has 2 unspecified atom stereocenters. The summed E-state index contributed by atoms with van der Waals surface area (Å²) in [4.78, 5) is 0. The van der Waals surface area contributed by atoms with Crippen LogP contribution in [0.4, 0.5) is 4.39 Å². The van der Waals surface area contributed by atoms with Gasteiger partial charge in [-0.2, -0.15) is 0 Å². The van der Waals surface area contributed by atoms with Crippen LogP contribution in [0.15, 0.2) is 36.4 Å². The second kappa shape index (κ2) is 17.6. The molecule has 9 heteroatoms. The molecule has 2 aromatic carbocycles. The Balaban J connectivity index is 0.00000190. The monoisotopic (exact) mass is 531 g/mol. The first-order valence-corrected chi connectivity index (χ1v) is 12.7. The Labute approximate surface area is 220 Å². The predicted molar refractivity (Wildman–Crippen MR) is 142 cm³/mol. The number of rotatable bonds is 7. The first-order valence-electron chi connectivity index (χ1n) is 12.3. The predicted octanol–water partition coefficient (Wildman–Crippen LogP) is 4.40. The van der Waals surface area contributed by atoms with E-state index in [1.165, 1.54) is 20.2 Å². The topological polar surface area (TPSA) is 114 Å². The van der Waals surface area contributed by atoms with Gasteiger partial charge in [-0.15, -0.1) is 0 Å². The normalized spacial score (nSPS) is 22.6. The van der Waals surface area contributed by atoms with Crippen LogP contribution in [0.1, 0.15) is 57.7 Å². The van der Waals surface area contributed by atoms with Crippen LogP contribution in [0.5, 0.6) is 5.75 Å². The van der Waals surface area contributed by atoms with Gasteiger partial charge in [0.2, 0.25) is 0 Å². The number of ether oxygens (including phenoxy) is 3. The third kappa shape index (κ3) is 8.66. The molecule has 36 heavy (non-hydrogen) atoms. The highest BCUT2D eigenvalue weighted by molar-refractivity contribution is 6.31. The summed E-state index contributed by atoms with van der Waals surface area (Å²) >= 11 is 6.37. The van der Waals surface area contributed by atoms with E-state index in [0.29, 0.717) is 34.7 Å². The van der Waals surface area contributed by atoms with E-state index >= 15 is 0 Å². The molecule has 5 N–H and O–H groups in total. The molecular formula is C27H43ClFNO6. The third-order valence-electron chi connectivity index (χ3n) is 5.28. The van der Waals surface area contributed by atoms with Gasteiger partial charge in [0, 0.05) is 24.1 Å². The number of methoxy groups -OCH3 is 1. The zero-order valence-electron chi connectivity index (χ0n) is 22.4. The second-order valence-electron chi connectivity index (χ2n) is 7.24. The molecule has 0 aliphatic carbocycles. The Morgan fingerprint density at radius 2 is 1.75 bits per heavy atom. The van der Waals surface area contributed by atoms with Gasteiger partial charge >= 0.3 is 0 Å². The maximum Gasteiger partial charge on any atom is 0.197 e. The highest BCUT2D eigenvalue weighted by Crippen LogP contribution is 2.40. The van der Waals surface area contributed by atoms with Gasteiger partial charge in [0.25, 0.3) is 0 Å². The Morgan fingerprint density at radius 1 is 1.11 bits per heavy atom. The average Bonchev–Trinajstić information content (AvgIpc) is 2.92. The van der Waals surface area contributed by atoms with Crippen molar-refractivity contribution < 1.29 is 33.9 Å². The summed E-state index contributed by atoms with van der Waals surface area (Å²) in [5.74, 6) is -1.62. The van der Waals surface area contributed by atoms with Crippen LogP contribution >= 0.6 is 11.6 Å². The van der Waals surface area contributed by atoms with Crippen LogP contribution in [0.3, 0.4) is 0 Å². The maximum absolute atomic E-state index is 14.2. The van der Waals surface area contributed by atoms with Crippen molar-refractivity contribution in [1.29, 1.82) is 0 Å². The minimum atomic E-state index is -1.37. The van der Waals surface area contributed by atoms with Crippen LogP contribution in [0, 0.1) is 5.82 Å². The van der Waals surface area contributed by atoms with Gasteiger partial charge < -0.3 is 35.3 Å². The van der Waals surface area contributed by atoms with Gasteiger partial charge in [-0.25, -0.2) is 4.39 Å². The first-order chi connectivity index (χ1) is 17.3. The zero-order valence-corrected chi connectivity index (χ0v) is 23.2. The lowest BCUT2D eigenvalue weighted by molar-refractivity contribution is -0.323. The SMILES string of the molecule is CC.CC.CCOc1ccc(Cc2cc([C@@]3(OC)CC(O)[C@H](O)C(CO)O3)ccc2Cl)cc1F.CN. The van der Waals surface area contributed by atoms with E-state index in [4.69, 9.17) is 25.8 Å². The summed E-state index contributed by atoms with van der Waals surface area (Å²) < 4.78 is 30.9. The summed E-state index contributed by atoms with van der Waals surface area (Å²) in [6, 6.07) is 9.89. The van der Waals surface area contributed by atoms with Crippen molar-refractivity contribution in [2.75, 3.05) is 27.4 Å². The summed E-state index contributed by atoms with van der Waals surface area (Å²) in [6.45, 7) is 9.68. The quantitative estimate of drug-likeness (QED) is 0.418. The Hall–Kier alpha value is -1.78. The van der Waals surface area contributed by atoms with Crippen molar-refractivity contribution in [2.24, 2.45) is 5.73 Å². The Morgan fingerprint density at radius 3 is 2.28 bits per heavy atom. The number of hydrogen-bond acceptors (Lipinski definition) is 7. The minimum absolute atomic E-state index is 0.0279. The van der Waals surface area contributed by atoms with Crippen molar-refractivity contribution in [3.05, 3.63) is 63.9 Å². The largest absolute Gasteiger partial charge is 0.491 e. The van der Waals surface area contributed by atoms with Gasteiger partial charge in [-0.05, 0) is 55.8 Å². The molecule has 2 aromatic rings. The summed E-state index contributed by atoms with van der Waals surface area (Å²) in [5.41, 5.74) is 6.48. The third-order valence-corrected chi connectivity index (χ3v) is 5.65. The second-order valence-corrected chi connectivity index (χ2v) is 7.65. The minimum Gasteiger partial charge on any atom is -0.491 e. The van der Waals surface area contributed by atoms with E-state index in [-0.39, 0.29) is 12.2 Å². The lowest BCUT2D eigenvalue weighted by Crippen LogP contribution is -2.55. The lowest BCUT2D eigenvalue weighted by Gasteiger charge is -2.44. The molecule has 0 spiro atoms. The van der Waals surface area contributed by atoms with Gasteiger partial charge in [-0.1, -0.05) is 51.4 Å². The van der Waals surface area contributed by atoms with Crippen LogP contribution < -0.4 is 10.5 Å². The van der Waals surface area contributed by atoms with E-state index in [1.54, 1.807) is 37.3 Å². The fraction of sp³-hybridized carbons (Fsp3) is 0.556. The zero-order chi connectivity index (χ0) is 27.9. The van der Waals surface area contributed by atoms with Crippen molar-refractivity contribution in [2.45, 2.75) is 71.6 Å². The number of nitrogens with two attached hydrogens (primary N) is 1. The Bertz CT molecular complexity index is 887. The molecule has 1 fully saturated rings. The van der Waals surface area contributed by atoms with E-state index < -0.39 is 36.5 Å². The van der Waals surface area contributed by atoms with E-state index in [1.807, 2.05) is 27.7 Å². The van der Waals surface area contributed by atoms with Gasteiger partial charge in [0.1, 0.15) is 12.2 Å². The maximum atomic E-state index is 14.2. The van der Waals surface area contributed by atoms with Crippen LogP contribution in [0.2, 0.25) is 5.02 Å². The fourth-order valence-electron chi connectivity index (χ4n) is 3.68. The number of aliphatic hydroxyl groups excluding tert-OH is 3. The molecule has 0 aromatic heterocycles. The van der Waals surface area contributed by atoms with E-state index in [0.717, 1.165) is 0 Å². The summed E-state index contributed by atoms with van der Waals surface area (Å²) in [5, 5.41) is 30.3. The number of aliphatic hydroxyl groups is 3. The molecule has 0 amide bonds. The molecule has 1 saturated heterocycles. The smallest absolute Gasteiger partial charge is 0.197 e. The first kappa shape index (κ1) is 34.2. The Kier molecular flexibility index (Phi) is 16.8.